The highest BCUT2D eigenvalue weighted by Gasteiger charge is 2.28. The van der Waals surface area contributed by atoms with Crippen LogP contribution in [0.1, 0.15) is 49.0 Å². The smallest absolute Gasteiger partial charge is 0.338 e. The molecule has 4 heteroatoms. The molecule has 2 aliphatic heterocycles. The molecule has 21 heavy (non-hydrogen) atoms. The number of nitrogens with one attached hydrogen (secondary N) is 1. The minimum Gasteiger partial charge on any atom is -0.459 e. The first kappa shape index (κ1) is 14.4. The fourth-order valence-electron chi connectivity index (χ4n) is 3.36. The second-order valence-electron chi connectivity index (χ2n) is 6.12. The van der Waals surface area contributed by atoms with Gasteiger partial charge in [0.25, 0.3) is 0 Å². The first-order chi connectivity index (χ1) is 10.1. The molecule has 0 aromatic heterocycles. The van der Waals surface area contributed by atoms with Crippen molar-refractivity contribution in [1.29, 1.82) is 0 Å². The molecule has 0 radical (unpaired) electrons. The normalized spacial score (nSPS) is 28.4. The summed E-state index contributed by atoms with van der Waals surface area (Å²) in [5.41, 5.74) is 2.89. The second kappa shape index (κ2) is 6.06. The number of fused-ring (bicyclic) bond motifs is 1. The molecule has 0 amide bonds. The Balaban J connectivity index is 1.74. The van der Waals surface area contributed by atoms with Crippen molar-refractivity contribution >= 4 is 11.7 Å². The summed E-state index contributed by atoms with van der Waals surface area (Å²) in [4.78, 5) is 12.5. The van der Waals surface area contributed by atoms with Crippen LogP contribution in [0.2, 0.25) is 0 Å². The summed E-state index contributed by atoms with van der Waals surface area (Å²) in [6.07, 6.45) is 3.82. The van der Waals surface area contributed by atoms with Crippen molar-refractivity contribution in [2.24, 2.45) is 0 Å². The molecule has 0 aliphatic carbocycles. The van der Waals surface area contributed by atoms with Gasteiger partial charge in [-0.15, -0.1) is 0 Å². The van der Waals surface area contributed by atoms with Crippen LogP contribution in [0.15, 0.2) is 18.2 Å². The van der Waals surface area contributed by atoms with Crippen LogP contribution in [0.25, 0.3) is 0 Å². The van der Waals surface area contributed by atoms with Gasteiger partial charge in [0, 0.05) is 25.1 Å². The van der Waals surface area contributed by atoms with Crippen LogP contribution in [-0.2, 0) is 15.9 Å². The SMILES string of the molecule is CC1CC(OC(=O)c2cccc3c2CCCN3)CC(C)O1. The fraction of sp³-hybridized carbons (Fsp3) is 0.588. The molecule has 0 saturated carbocycles. The molecule has 1 aromatic rings. The third-order valence-electron chi connectivity index (χ3n) is 4.24. The number of rotatable bonds is 2. The number of carbonyl (C=O) groups is 1. The van der Waals surface area contributed by atoms with Crippen molar-refractivity contribution < 1.29 is 14.3 Å². The lowest BCUT2D eigenvalue weighted by Crippen LogP contribution is -2.35. The first-order valence-electron chi connectivity index (χ1n) is 7.85. The summed E-state index contributed by atoms with van der Waals surface area (Å²) in [5, 5.41) is 3.35. The largest absolute Gasteiger partial charge is 0.459 e. The van der Waals surface area contributed by atoms with Crippen molar-refractivity contribution in [3.63, 3.8) is 0 Å². The lowest BCUT2D eigenvalue weighted by atomic mass is 9.97. The average molecular weight is 289 g/mol. The third-order valence-corrected chi connectivity index (χ3v) is 4.24. The van der Waals surface area contributed by atoms with Gasteiger partial charge >= 0.3 is 5.97 Å². The van der Waals surface area contributed by atoms with Gasteiger partial charge in [0.05, 0.1) is 17.8 Å². The summed E-state index contributed by atoms with van der Waals surface area (Å²) in [5.74, 6) is -0.193. The van der Waals surface area contributed by atoms with Gasteiger partial charge in [0.1, 0.15) is 6.10 Å². The molecule has 0 spiro atoms. The molecule has 2 aliphatic rings. The topological polar surface area (TPSA) is 47.6 Å². The predicted octanol–water partition coefficient (Wildman–Crippen LogP) is 3.16. The fourth-order valence-corrected chi connectivity index (χ4v) is 3.36. The molecule has 1 N–H and O–H groups in total. The average Bonchev–Trinajstić information content (AvgIpc) is 2.45. The first-order valence-corrected chi connectivity index (χ1v) is 7.85. The van der Waals surface area contributed by atoms with Gasteiger partial charge in [0.2, 0.25) is 0 Å². The lowest BCUT2D eigenvalue weighted by Gasteiger charge is -2.32. The molecular weight excluding hydrogens is 266 g/mol. The zero-order chi connectivity index (χ0) is 14.8. The Morgan fingerprint density at radius 1 is 1.29 bits per heavy atom. The highest BCUT2D eigenvalue weighted by Crippen LogP contribution is 2.28. The quantitative estimate of drug-likeness (QED) is 0.850. The summed E-state index contributed by atoms with van der Waals surface area (Å²) in [6, 6.07) is 5.83. The number of ether oxygens (including phenoxy) is 2. The highest BCUT2D eigenvalue weighted by atomic mass is 16.6. The van der Waals surface area contributed by atoms with Gasteiger partial charge < -0.3 is 14.8 Å². The van der Waals surface area contributed by atoms with E-state index in [2.05, 4.69) is 5.32 Å². The number of hydrogen-bond acceptors (Lipinski definition) is 4. The van der Waals surface area contributed by atoms with Crippen LogP contribution in [0, 0.1) is 0 Å². The standard InChI is InChI=1S/C17H23NO3/c1-11-9-13(10-12(2)20-11)21-17(19)15-5-3-7-16-14(15)6-4-8-18-16/h3,5,7,11-13,18H,4,6,8-10H2,1-2H3. The van der Waals surface area contributed by atoms with E-state index in [9.17, 15) is 4.79 Å². The molecule has 1 saturated heterocycles. The van der Waals surface area contributed by atoms with Crippen molar-refractivity contribution in [3.8, 4) is 0 Å². The zero-order valence-corrected chi connectivity index (χ0v) is 12.7. The third kappa shape index (κ3) is 3.21. The van der Waals surface area contributed by atoms with Crippen LogP contribution in [0.3, 0.4) is 0 Å². The summed E-state index contributed by atoms with van der Waals surface area (Å²) in [7, 11) is 0. The van der Waals surface area contributed by atoms with Gasteiger partial charge in [-0.3, -0.25) is 0 Å². The van der Waals surface area contributed by atoms with E-state index in [0.717, 1.165) is 43.5 Å². The molecule has 1 aromatic carbocycles. The monoisotopic (exact) mass is 289 g/mol. The summed E-state index contributed by atoms with van der Waals surface area (Å²) in [6.45, 7) is 5.04. The van der Waals surface area contributed by atoms with Gasteiger partial charge in [0.15, 0.2) is 0 Å². The Morgan fingerprint density at radius 3 is 2.81 bits per heavy atom. The van der Waals surface area contributed by atoms with E-state index in [4.69, 9.17) is 9.47 Å². The molecule has 0 bridgehead atoms. The molecule has 2 unspecified atom stereocenters. The van der Waals surface area contributed by atoms with Crippen LogP contribution < -0.4 is 5.32 Å². The van der Waals surface area contributed by atoms with E-state index in [1.165, 1.54) is 0 Å². The Kier molecular flexibility index (Phi) is 4.15. The Morgan fingerprint density at radius 2 is 2.05 bits per heavy atom. The maximum absolute atomic E-state index is 12.5. The summed E-state index contributed by atoms with van der Waals surface area (Å²) >= 11 is 0. The molecular formula is C17H23NO3. The van der Waals surface area contributed by atoms with E-state index < -0.39 is 0 Å². The lowest BCUT2D eigenvalue weighted by molar-refractivity contribution is -0.0855. The van der Waals surface area contributed by atoms with E-state index in [-0.39, 0.29) is 24.3 Å². The Bertz CT molecular complexity index is 519. The maximum Gasteiger partial charge on any atom is 0.338 e. The van der Waals surface area contributed by atoms with Crippen molar-refractivity contribution in [3.05, 3.63) is 29.3 Å². The molecule has 4 nitrogen and oxygen atoms in total. The van der Waals surface area contributed by atoms with Crippen molar-refractivity contribution in [2.45, 2.75) is 57.8 Å². The van der Waals surface area contributed by atoms with Crippen molar-refractivity contribution in [1.82, 2.24) is 0 Å². The second-order valence-corrected chi connectivity index (χ2v) is 6.12. The van der Waals surface area contributed by atoms with E-state index in [1.807, 2.05) is 32.0 Å². The predicted molar refractivity (Wildman–Crippen MR) is 81.7 cm³/mol. The number of anilines is 1. The Labute approximate surface area is 125 Å². The van der Waals surface area contributed by atoms with E-state index >= 15 is 0 Å². The number of carbonyl (C=O) groups excluding carboxylic acids is 1. The van der Waals surface area contributed by atoms with Gasteiger partial charge in [-0.2, -0.15) is 0 Å². The molecule has 2 heterocycles. The van der Waals surface area contributed by atoms with E-state index in [0.29, 0.717) is 5.56 Å². The Hall–Kier alpha value is -1.55. The van der Waals surface area contributed by atoms with Crippen LogP contribution in [-0.4, -0.2) is 30.8 Å². The van der Waals surface area contributed by atoms with Gasteiger partial charge in [-0.1, -0.05) is 6.07 Å². The van der Waals surface area contributed by atoms with E-state index in [1.54, 1.807) is 0 Å². The molecule has 2 atom stereocenters. The summed E-state index contributed by atoms with van der Waals surface area (Å²) < 4.78 is 11.4. The number of benzene rings is 1. The number of esters is 1. The molecule has 3 rings (SSSR count). The maximum atomic E-state index is 12.5. The van der Waals surface area contributed by atoms with Crippen molar-refractivity contribution in [2.75, 3.05) is 11.9 Å². The molecule has 114 valence electrons. The van der Waals surface area contributed by atoms with Gasteiger partial charge in [-0.05, 0) is 44.4 Å². The minimum atomic E-state index is -0.193. The molecule has 1 fully saturated rings. The highest BCUT2D eigenvalue weighted by molar-refractivity contribution is 5.93. The number of hydrogen-bond donors (Lipinski definition) is 1. The minimum absolute atomic E-state index is 0.0383. The van der Waals surface area contributed by atoms with Crippen LogP contribution >= 0.6 is 0 Å². The van der Waals surface area contributed by atoms with Gasteiger partial charge in [-0.25, -0.2) is 4.79 Å². The zero-order valence-electron chi connectivity index (χ0n) is 12.7. The van der Waals surface area contributed by atoms with Crippen LogP contribution in [0.5, 0.6) is 0 Å². The van der Waals surface area contributed by atoms with Crippen LogP contribution in [0.4, 0.5) is 5.69 Å².